The van der Waals surface area contributed by atoms with Gasteiger partial charge in [-0.2, -0.15) is 13.2 Å². The van der Waals surface area contributed by atoms with Gasteiger partial charge in [0.15, 0.2) is 0 Å². The molecular weight excluding hydrogens is 319 g/mol. The number of carbonyl (C=O) groups excluding carboxylic acids is 1. The van der Waals surface area contributed by atoms with Gasteiger partial charge in [0, 0.05) is 12.1 Å². The Bertz CT molecular complexity index is 561. The van der Waals surface area contributed by atoms with Gasteiger partial charge in [-0.05, 0) is 38.3 Å². The lowest BCUT2D eigenvalue weighted by molar-refractivity contribution is -0.167. The Hall–Kier alpha value is -1.56. The van der Waals surface area contributed by atoms with E-state index in [1.807, 2.05) is 0 Å². The van der Waals surface area contributed by atoms with Crippen molar-refractivity contribution in [3.8, 4) is 0 Å². The monoisotopic (exact) mass is 341 g/mol. The number of halogens is 3. The summed E-state index contributed by atoms with van der Waals surface area (Å²) in [6.45, 7) is 0. The van der Waals surface area contributed by atoms with E-state index in [1.165, 1.54) is 0 Å². The molecule has 3 atom stereocenters. The predicted molar refractivity (Wildman–Crippen MR) is 83.5 cm³/mol. The number of nitrogens with zero attached hydrogens (tertiary/aromatic N) is 1. The summed E-state index contributed by atoms with van der Waals surface area (Å²) < 4.78 is 44.2. The second-order valence-electron chi connectivity index (χ2n) is 6.86. The molecule has 2 bridgehead atoms. The van der Waals surface area contributed by atoms with Crippen LogP contribution in [0.5, 0.6) is 0 Å². The van der Waals surface area contributed by atoms with Crippen LogP contribution in [0.3, 0.4) is 0 Å². The van der Waals surface area contributed by atoms with E-state index in [1.54, 1.807) is 30.3 Å². The van der Waals surface area contributed by atoms with Gasteiger partial charge < -0.3 is 9.64 Å². The van der Waals surface area contributed by atoms with Gasteiger partial charge in [-0.1, -0.05) is 30.3 Å². The third kappa shape index (κ3) is 3.91. The van der Waals surface area contributed by atoms with Gasteiger partial charge in [0.1, 0.15) is 6.10 Å². The molecule has 2 aliphatic rings. The first-order valence-corrected chi connectivity index (χ1v) is 8.37. The van der Waals surface area contributed by atoms with Crippen molar-refractivity contribution in [3.63, 3.8) is 0 Å². The Labute approximate surface area is 139 Å². The Morgan fingerprint density at radius 3 is 2.33 bits per heavy atom. The number of esters is 1. The van der Waals surface area contributed by atoms with E-state index in [9.17, 15) is 18.0 Å². The summed E-state index contributed by atoms with van der Waals surface area (Å²) in [5.41, 5.74) is 0.357. The van der Waals surface area contributed by atoms with Crippen molar-refractivity contribution < 1.29 is 22.7 Å². The van der Waals surface area contributed by atoms with Gasteiger partial charge in [-0.3, -0.25) is 4.79 Å². The topological polar surface area (TPSA) is 29.5 Å². The Balaban J connectivity index is 1.70. The van der Waals surface area contributed by atoms with Gasteiger partial charge in [0.2, 0.25) is 0 Å². The van der Waals surface area contributed by atoms with E-state index in [-0.39, 0.29) is 6.10 Å². The van der Waals surface area contributed by atoms with Crippen molar-refractivity contribution in [2.45, 2.75) is 62.4 Å². The van der Waals surface area contributed by atoms with Crippen LogP contribution in [0, 0.1) is 0 Å². The molecule has 6 heteroatoms. The molecule has 3 rings (SSSR count). The maximum Gasteiger partial charge on any atom is 0.390 e. The van der Waals surface area contributed by atoms with Crippen molar-refractivity contribution in [3.05, 3.63) is 35.9 Å². The second-order valence-corrected chi connectivity index (χ2v) is 6.86. The molecule has 0 N–H and O–H groups in total. The van der Waals surface area contributed by atoms with Crippen LogP contribution >= 0.6 is 0 Å². The molecule has 0 spiro atoms. The molecule has 0 radical (unpaired) electrons. The highest BCUT2D eigenvalue weighted by Crippen LogP contribution is 2.37. The fourth-order valence-corrected chi connectivity index (χ4v) is 3.96. The fourth-order valence-electron chi connectivity index (χ4n) is 3.96. The van der Waals surface area contributed by atoms with E-state index in [0.29, 0.717) is 30.5 Å². The lowest BCUT2D eigenvalue weighted by atomic mass is 9.95. The third-order valence-corrected chi connectivity index (χ3v) is 5.26. The van der Waals surface area contributed by atoms with Crippen LogP contribution in [-0.2, 0) is 9.53 Å². The van der Waals surface area contributed by atoms with Crippen molar-refractivity contribution in [2.24, 2.45) is 0 Å². The molecule has 0 aromatic heterocycles. The molecule has 0 amide bonds. The summed E-state index contributed by atoms with van der Waals surface area (Å²) in [6.07, 6.45) is -2.30. The number of ether oxygens (including phenoxy) is 1. The van der Waals surface area contributed by atoms with Crippen LogP contribution in [-0.4, -0.2) is 42.3 Å². The zero-order valence-corrected chi connectivity index (χ0v) is 13.6. The molecule has 24 heavy (non-hydrogen) atoms. The van der Waals surface area contributed by atoms with Crippen LogP contribution in [0.4, 0.5) is 13.2 Å². The summed E-state index contributed by atoms with van der Waals surface area (Å²) in [5, 5.41) is 0. The van der Waals surface area contributed by atoms with Crippen molar-refractivity contribution in [2.75, 3.05) is 7.05 Å². The highest BCUT2D eigenvalue weighted by molar-refractivity contribution is 5.78. The van der Waals surface area contributed by atoms with E-state index in [2.05, 4.69) is 11.9 Å². The molecule has 0 aliphatic carbocycles. The van der Waals surface area contributed by atoms with Crippen LogP contribution < -0.4 is 0 Å². The van der Waals surface area contributed by atoms with E-state index < -0.39 is 24.5 Å². The summed E-state index contributed by atoms with van der Waals surface area (Å²) in [6, 6.07) is 8.85. The zero-order chi connectivity index (χ0) is 17.3. The molecular formula is C18H22F3NO2. The molecule has 1 aromatic carbocycles. The number of carbonyl (C=O) groups is 1. The first kappa shape index (κ1) is 17.3. The molecule has 2 heterocycles. The quantitative estimate of drug-likeness (QED) is 0.778. The highest BCUT2D eigenvalue weighted by Gasteiger charge is 2.42. The molecule has 132 valence electrons. The molecule has 0 saturated carbocycles. The second kappa shape index (κ2) is 6.75. The van der Waals surface area contributed by atoms with E-state index in [0.717, 1.165) is 12.8 Å². The van der Waals surface area contributed by atoms with Crippen molar-refractivity contribution >= 4 is 5.97 Å². The first-order valence-electron chi connectivity index (χ1n) is 8.37. The minimum Gasteiger partial charge on any atom is -0.462 e. The predicted octanol–water partition coefficient (Wildman–Crippen LogP) is 3.89. The summed E-state index contributed by atoms with van der Waals surface area (Å²) >= 11 is 0. The van der Waals surface area contributed by atoms with Crippen molar-refractivity contribution in [1.82, 2.24) is 4.90 Å². The molecule has 3 nitrogen and oxygen atoms in total. The first-order chi connectivity index (χ1) is 11.3. The summed E-state index contributed by atoms with van der Waals surface area (Å²) in [4.78, 5) is 14.8. The Kier molecular flexibility index (Phi) is 4.85. The van der Waals surface area contributed by atoms with Gasteiger partial charge in [-0.15, -0.1) is 0 Å². The number of piperidine rings is 1. The third-order valence-electron chi connectivity index (χ3n) is 5.26. The molecule has 3 unspecified atom stereocenters. The normalized spacial score (nSPS) is 28.6. The number of hydrogen-bond acceptors (Lipinski definition) is 3. The van der Waals surface area contributed by atoms with Gasteiger partial charge in [-0.25, -0.2) is 0 Å². The van der Waals surface area contributed by atoms with Crippen LogP contribution in [0.25, 0.3) is 0 Å². The Morgan fingerprint density at radius 1 is 1.21 bits per heavy atom. The number of alkyl halides is 3. The maximum absolute atomic E-state index is 12.9. The highest BCUT2D eigenvalue weighted by atomic mass is 19.4. The molecule has 2 fully saturated rings. The van der Waals surface area contributed by atoms with Crippen LogP contribution in [0.1, 0.15) is 43.6 Å². The van der Waals surface area contributed by atoms with Crippen LogP contribution in [0.2, 0.25) is 0 Å². The summed E-state index contributed by atoms with van der Waals surface area (Å²) in [5.74, 6) is -2.05. The Morgan fingerprint density at radius 2 is 1.79 bits per heavy atom. The van der Waals surface area contributed by atoms with Gasteiger partial charge in [0.25, 0.3) is 0 Å². The minimum atomic E-state index is -4.41. The lowest BCUT2D eigenvalue weighted by Gasteiger charge is -2.36. The number of hydrogen-bond donors (Lipinski definition) is 0. The molecule has 2 saturated heterocycles. The molecule has 2 aliphatic heterocycles. The number of fused-ring (bicyclic) bond motifs is 2. The largest absolute Gasteiger partial charge is 0.462 e. The maximum atomic E-state index is 12.9. The lowest BCUT2D eigenvalue weighted by Crippen LogP contribution is -2.43. The minimum absolute atomic E-state index is 0.273. The fraction of sp³-hybridized carbons (Fsp3) is 0.611. The van der Waals surface area contributed by atoms with E-state index in [4.69, 9.17) is 4.74 Å². The van der Waals surface area contributed by atoms with Crippen molar-refractivity contribution in [1.29, 1.82) is 0 Å². The van der Waals surface area contributed by atoms with Gasteiger partial charge in [0.05, 0.1) is 12.3 Å². The average Bonchev–Trinajstić information content (AvgIpc) is 2.74. The average molecular weight is 341 g/mol. The van der Waals surface area contributed by atoms with Crippen LogP contribution in [0.15, 0.2) is 30.3 Å². The smallest absolute Gasteiger partial charge is 0.390 e. The SMILES string of the molecule is CN1C2CCC1CC(OC(=O)C(CC(F)(F)F)c1ccccc1)C2. The van der Waals surface area contributed by atoms with E-state index >= 15 is 0 Å². The zero-order valence-electron chi connectivity index (χ0n) is 13.6. The summed E-state index contributed by atoms with van der Waals surface area (Å²) in [7, 11) is 2.07. The van der Waals surface area contributed by atoms with Gasteiger partial charge >= 0.3 is 12.1 Å². The number of rotatable bonds is 4. The standard InChI is InChI=1S/C18H22F3NO2/c1-22-13-7-8-14(22)10-15(9-13)24-17(23)16(11-18(19,20)21)12-5-3-2-4-6-12/h2-6,13-16H,7-11H2,1H3. The number of benzene rings is 1. The molecule has 1 aromatic rings.